The summed E-state index contributed by atoms with van der Waals surface area (Å²) in [5.74, 6) is -1.17. The predicted octanol–water partition coefficient (Wildman–Crippen LogP) is 4.17. The fraction of sp³-hybridized carbons (Fsp3) is 0.226. The zero-order valence-electron chi connectivity index (χ0n) is 24.1. The van der Waals surface area contributed by atoms with Gasteiger partial charge in [-0.15, -0.1) is 0 Å². The summed E-state index contributed by atoms with van der Waals surface area (Å²) in [5, 5.41) is 17.5. The van der Waals surface area contributed by atoms with Crippen molar-refractivity contribution in [1.29, 1.82) is 0 Å². The van der Waals surface area contributed by atoms with Crippen molar-refractivity contribution in [2.45, 2.75) is 32.4 Å². The van der Waals surface area contributed by atoms with Gasteiger partial charge in [0.1, 0.15) is 0 Å². The number of esters is 1. The Morgan fingerprint density at radius 2 is 1.66 bits per heavy atom. The van der Waals surface area contributed by atoms with Gasteiger partial charge in [-0.1, -0.05) is 72.8 Å². The van der Waals surface area contributed by atoms with Crippen LogP contribution < -0.4 is 21.5 Å². The van der Waals surface area contributed by atoms with E-state index in [0.29, 0.717) is 5.56 Å². The van der Waals surface area contributed by atoms with Crippen molar-refractivity contribution in [3.63, 3.8) is 0 Å². The van der Waals surface area contributed by atoms with Gasteiger partial charge in [0.15, 0.2) is 5.11 Å². The molecule has 0 saturated carbocycles. The highest BCUT2D eigenvalue weighted by Gasteiger charge is 2.39. The third-order valence-electron chi connectivity index (χ3n) is 6.87. The number of rotatable bonds is 10. The van der Waals surface area contributed by atoms with Gasteiger partial charge in [-0.05, 0) is 42.8 Å². The zero-order valence-corrected chi connectivity index (χ0v) is 24.9. The summed E-state index contributed by atoms with van der Waals surface area (Å²) in [6, 6.07) is 23.2. The monoisotopic (exact) mass is 616 g/mol. The van der Waals surface area contributed by atoms with E-state index in [0.717, 1.165) is 11.1 Å². The molecule has 0 bridgehead atoms. The van der Waals surface area contributed by atoms with Crippen LogP contribution in [0.1, 0.15) is 49.0 Å². The van der Waals surface area contributed by atoms with E-state index in [1.165, 1.54) is 23.1 Å². The van der Waals surface area contributed by atoms with Crippen LogP contribution in [0.2, 0.25) is 0 Å². The van der Waals surface area contributed by atoms with Crippen LogP contribution in [0.5, 0.6) is 0 Å². The van der Waals surface area contributed by atoms with Crippen LogP contribution in [-0.4, -0.2) is 46.0 Å². The summed E-state index contributed by atoms with van der Waals surface area (Å²) < 4.78 is 5.23. The zero-order chi connectivity index (χ0) is 31.6. The van der Waals surface area contributed by atoms with Crippen molar-refractivity contribution < 1.29 is 24.0 Å². The number of hydrazine groups is 1. The molecule has 1 unspecified atom stereocenters. The molecule has 1 aliphatic rings. The number of hydrogen-bond donors (Lipinski definition) is 4. The quantitative estimate of drug-likeness (QED) is 0.114. The van der Waals surface area contributed by atoms with E-state index in [9.17, 15) is 24.5 Å². The summed E-state index contributed by atoms with van der Waals surface area (Å²) in [4.78, 5) is 51.1. The maximum atomic E-state index is 13.1. The van der Waals surface area contributed by atoms with Crippen molar-refractivity contribution in [3.05, 3.63) is 123 Å². The number of carbonyl (C=O) groups is 3. The Kier molecular flexibility index (Phi) is 10.6. The molecule has 0 fully saturated rings. The lowest BCUT2D eigenvalue weighted by atomic mass is 9.93. The average molecular weight is 617 g/mol. The Balaban J connectivity index is 1.46. The van der Waals surface area contributed by atoms with Gasteiger partial charge in [-0.2, -0.15) is 0 Å². The van der Waals surface area contributed by atoms with Gasteiger partial charge in [0.2, 0.25) is 5.91 Å². The number of non-ortho nitro benzene ring substituents is 1. The van der Waals surface area contributed by atoms with E-state index >= 15 is 0 Å². The molecular weight excluding hydrogens is 584 g/mol. The number of urea groups is 1. The van der Waals surface area contributed by atoms with E-state index in [-0.39, 0.29) is 47.7 Å². The number of nitro groups is 1. The minimum atomic E-state index is -1.02. The average Bonchev–Trinajstić information content (AvgIpc) is 3.02. The van der Waals surface area contributed by atoms with Crippen LogP contribution in [0.4, 0.5) is 10.5 Å². The van der Waals surface area contributed by atoms with Crippen LogP contribution in [0.15, 0.2) is 96.2 Å². The maximum absolute atomic E-state index is 13.1. The van der Waals surface area contributed by atoms with Gasteiger partial charge in [0.25, 0.3) is 5.69 Å². The third-order valence-corrected chi connectivity index (χ3v) is 7.09. The number of hydrogen-bond acceptors (Lipinski definition) is 7. The molecule has 0 aliphatic carbocycles. The van der Waals surface area contributed by atoms with Crippen LogP contribution in [0.25, 0.3) is 0 Å². The molecule has 44 heavy (non-hydrogen) atoms. The molecule has 3 aromatic rings. The van der Waals surface area contributed by atoms with Gasteiger partial charge in [-0.3, -0.25) is 25.8 Å². The first-order valence-electron chi connectivity index (χ1n) is 13.8. The second-order valence-electron chi connectivity index (χ2n) is 9.79. The van der Waals surface area contributed by atoms with Gasteiger partial charge in [-0.25, -0.2) is 9.59 Å². The van der Waals surface area contributed by atoms with Crippen molar-refractivity contribution in [3.8, 4) is 0 Å². The van der Waals surface area contributed by atoms with E-state index in [4.69, 9.17) is 17.0 Å². The summed E-state index contributed by atoms with van der Waals surface area (Å²) in [7, 11) is 0. The van der Waals surface area contributed by atoms with Gasteiger partial charge in [0, 0.05) is 30.8 Å². The molecule has 4 rings (SSSR count). The highest BCUT2D eigenvalue weighted by Crippen LogP contribution is 2.35. The molecule has 1 atom stereocenters. The highest BCUT2D eigenvalue weighted by molar-refractivity contribution is 7.80. The van der Waals surface area contributed by atoms with Gasteiger partial charge < -0.3 is 20.3 Å². The predicted molar refractivity (Wildman–Crippen MR) is 167 cm³/mol. The van der Waals surface area contributed by atoms with E-state index < -0.39 is 28.9 Å². The number of ether oxygens (including phenoxy) is 1. The van der Waals surface area contributed by atoms with Crippen molar-refractivity contribution in [2.24, 2.45) is 0 Å². The smallest absolute Gasteiger partial charge is 0.338 e. The number of nitrogens with zero attached hydrogens (tertiary/aromatic N) is 2. The van der Waals surface area contributed by atoms with E-state index in [1.54, 1.807) is 19.9 Å². The standard InChI is InChI=1S/C31H32N6O6S/c1-3-43-29(39)26-20(2)32-31(40)36(28(26)23-15-10-16-24(19-23)37(41)42)18-17-25(38)34-35-30(44)33-27(21-11-6-4-7-12-21)22-13-8-5-9-14-22/h4-16,19,27-28H,3,17-18H2,1-2H3,(H,32,40)(H,34,38)(H2,33,35,44). The van der Waals surface area contributed by atoms with Crippen molar-refractivity contribution >= 4 is 40.9 Å². The summed E-state index contributed by atoms with van der Waals surface area (Å²) in [6.45, 7) is 3.16. The van der Waals surface area contributed by atoms with Crippen molar-refractivity contribution in [1.82, 2.24) is 26.4 Å². The SMILES string of the molecule is CCOC(=O)C1=C(C)NC(=O)N(CCC(=O)NNC(=S)NC(c2ccccc2)c2ccccc2)C1c1cccc([N+](=O)[O-])c1. The summed E-state index contributed by atoms with van der Waals surface area (Å²) in [6.07, 6.45) is -0.176. The molecular formula is C31H32N6O6S. The molecule has 3 amide bonds. The highest BCUT2D eigenvalue weighted by atomic mass is 32.1. The molecule has 1 heterocycles. The van der Waals surface area contributed by atoms with Gasteiger partial charge >= 0.3 is 12.0 Å². The largest absolute Gasteiger partial charge is 0.463 e. The Morgan fingerprint density at radius 1 is 1.02 bits per heavy atom. The summed E-state index contributed by atoms with van der Waals surface area (Å²) >= 11 is 5.45. The fourth-order valence-electron chi connectivity index (χ4n) is 4.87. The number of amides is 3. The Hall–Kier alpha value is -5.30. The molecule has 13 heteroatoms. The lowest BCUT2D eigenvalue weighted by Crippen LogP contribution is -2.51. The number of allylic oxidation sites excluding steroid dienone is 1. The third kappa shape index (κ3) is 7.75. The lowest BCUT2D eigenvalue weighted by Gasteiger charge is -2.37. The van der Waals surface area contributed by atoms with Crippen LogP contribution in [0.3, 0.4) is 0 Å². The number of thiocarbonyl (C=S) groups is 1. The lowest BCUT2D eigenvalue weighted by molar-refractivity contribution is -0.384. The molecule has 12 nitrogen and oxygen atoms in total. The Morgan fingerprint density at radius 3 is 2.25 bits per heavy atom. The maximum Gasteiger partial charge on any atom is 0.338 e. The van der Waals surface area contributed by atoms with E-state index in [1.807, 2.05) is 60.7 Å². The van der Waals surface area contributed by atoms with Crippen LogP contribution >= 0.6 is 12.2 Å². The van der Waals surface area contributed by atoms with Crippen molar-refractivity contribution in [2.75, 3.05) is 13.2 Å². The number of carbonyl (C=O) groups excluding carboxylic acids is 3. The molecule has 4 N–H and O–H groups in total. The first-order valence-corrected chi connectivity index (χ1v) is 14.3. The Labute approximate surface area is 259 Å². The molecule has 3 aromatic carbocycles. The summed E-state index contributed by atoms with van der Waals surface area (Å²) in [5.41, 5.74) is 7.69. The molecule has 0 radical (unpaired) electrons. The topological polar surface area (TPSA) is 155 Å². The molecule has 0 spiro atoms. The normalized spacial score (nSPS) is 14.5. The second kappa shape index (κ2) is 14.7. The number of benzene rings is 3. The fourth-order valence-corrected chi connectivity index (χ4v) is 5.03. The van der Waals surface area contributed by atoms with E-state index in [2.05, 4.69) is 21.5 Å². The first-order chi connectivity index (χ1) is 21.2. The molecule has 0 saturated heterocycles. The van der Waals surface area contributed by atoms with Gasteiger partial charge in [0.05, 0.1) is 29.2 Å². The van der Waals surface area contributed by atoms with Crippen LogP contribution in [0, 0.1) is 10.1 Å². The molecule has 0 aromatic heterocycles. The minimum Gasteiger partial charge on any atom is -0.463 e. The molecule has 1 aliphatic heterocycles. The number of nitrogens with one attached hydrogen (secondary N) is 4. The Bertz CT molecular complexity index is 1530. The first kappa shape index (κ1) is 31.6. The molecule has 228 valence electrons. The minimum absolute atomic E-state index is 0.0860. The van der Waals surface area contributed by atoms with Crippen LogP contribution in [-0.2, 0) is 14.3 Å². The second-order valence-corrected chi connectivity index (χ2v) is 10.2. The number of nitro benzene ring substituents is 1.